The fraction of sp³-hybridized carbons (Fsp3) is 1.00. The average Bonchev–Trinajstić information content (AvgIpc) is 2.34. The molecule has 0 heterocycles. The summed E-state index contributed by atoms with van der Waals surface area (Å²) in [7, 11) is 0. The number of hydrogen-bond acceptors (Lipinski definition) is 5. The molecule has 0 bridgehead atoms. The van der Waals surface area contributed by atoms with E-state index in [0.29, 0.717) is 30.2 Å². The molecular formula is C13H31N5. The van der Waals surface area contributed by atoms with Crippen LogP contribution in [0, 0.1) is 5.92 Å². The fourth-order valence-corrected chi connectivity index (χ4v) is 2.07. The van der Waals surface area contributed by atoms with Gasteiger partial charge in [-0.15, -0.1) is 0 Å². The van der Waals surface area contributed by atoms with Crippen LogP contribution in [0.15, 0.2) is 0 Å². The third-order valence-electron chi connectivity index (χ3n) is 4.18. The minimum absolute atomic E-state index is 0.310. The summed E-state index contributed by atoms with van der Waals surface area (Å²) in [5.74, 6) is 0.917. The minimum atomic E-state index is 0.310. The van der Waals surface area contributed by atoms with Gasteiger partial charge < -0.3 is 28.7 Å². The molecule has 0 amide bonds. The van der Waals surface area contributed by atoms with E-state index < -0.39 is 0 Å². The van der Waals surface area contributed by atoms with E-state index in [4.69, 9.17) is 28.7 Å². The van der Waals surface area contributed by atoms with Crippen molar-refractivity contribution in [1.82, 2.24) is 0 Å². The lowest BCUT2D eigenvalue weighted by molar-refractivity contribution is 0.290. The normalized spacial score (nSPS) is 45.0. The maximum atomic E-state index is 5.47. The van der Waals surface area contributed by atoms with Gasteiger partial charge in [0.2, 0.25) is 0 Å². The first-order valence-electron chi connectivity index (χ1n) is 7.18. The number of rotatable bonds is 0. The van der Waals surface area contributed by atoms with E-state index in [2.05, 4.69) is 6.92 Å². The summed E-state index contributed by atoms with van der Waals surface area (Å²) in [4.78, 5) is 0. The summed E-state index contributed by atoms with van der Waals surface area (Å²) < 4.78 is 0. The standard InChI is InChI=1S/C5H11N.2C4H10N2/c1-4-2-5(6)3-4;2*5-3-1-2-4(3)6/h4-5H,2-3,6H2,1H3;2*3-4H,1-2,5-6H2. The monoisotopic (exact) mass is 257 g/mol. The van der Waals surface area contributed by atoms with Crippen molar-refractivity contribution in [1.29, 1.82) is 0 Å². The highest BCUT2D eigenvalue weighted by Crippen LogP contribution is 2.23. The zero-order chi connectivity index (χ0) is 13.7. The summed E-state index contributed by atoms with van der Waals surface area (Å²) in [5.41, 5.74) is 27.1. The zero-order valence-electron chi connectivity index (χ0n) is 11.6. The minimum Gasteiger partial charge on any atom is -0.328 e. The van der Waals surface area contributed by atoms with E-state index in [1.165, 1.54) is 12.8 Å². The van der Waals surface area contributed by atoms with Gasteiger partial charge in [-0.2, -0.15) is 0 Å². The predicted octanol–water partition coefficient (Wildman–Crippen LogP) is -0.387. The summed E-state index contributed by atoms with van der Waals surface area (Å²) in [6.07, 6.45) is 7.00. The van der Waals surface area contributed by atoms with Crippen molar-refractivity contribution in [3.63, 3.8) is 0 Å². The van der Waals surface area contributed by atoms with Gasteiger partial charge in [0.1, 0.15) is 0 Å². The van der Waals surface area contributed by atoms with Crippen LogP contribution in [0.1, 0.15) is 45.4 Å². The van der Waals surface area contributed by atoms with Crippen LogP contribution < -0.4 is 28.7 Å². The molecule has 3 rings (SSSR count). The van der Waals surface area contributed by atoms with Gasteiger partial charge in [-0.1, -0.05) is 6.92 Å². The number of hydrogen-bond donors (Lipinski definition) is 5. The quantitative estimate of drug-likeness (QED) is 0.403. The van der Waals surface area contributed by atoms with E-state index >= 15 is 0 Å². The second-order valence-corrected chi connectivity index (χ2v) is 6.15. The van der Waals surface area contributed by atoms with Gasteiger partial charge in [0.05, 0.1) is 0 Å². The summed E-state index contributed by atoms with van der Waals surface area (Å²) in [6, 6.07) is 1.78. The highest BCUT2D eigenvalue weighted by molar-refractivity contribution is 4.86. The molecule has 0 aromatic rings. The topological polar surface area (TPSA) is 130 Å². The van der Waals surface area contributed by atoms with Gasteiger partial charge in [0.25, 0.3) is 0 Å². The van der Waals surface area contributed by atoms with Crippen LogP contribution in [0.2, 0.25) is 0 Å². The molecule has 4 atom stereocenters. The highest BCUT2D eigenvalue weighted by Gasteiger charge is 2.22. The van der Waals surface area contributed by atoms with E-state index in [-0.39, 0.29) is 0 Å². The van der Waals surface area contributed by atoms with Crippen molar-refractivity contribution < 1.29 is 0 Å². The van der Waals surface area contributed by atoms with Crippen molar-refractivity contribution >= 4 is 0 Å². The van der Waals surface area contributed by atoms with Crippen molar-refractivity contribution in [2.75, 3.05) is 0 Å². The molecule has 5 nitrogen and oxygen atoms in total. The Morgan fingerprint density at radius 2 is 0.889 bits per heavy atom. The van der Waals surface area contributed by atoms with E-state index in [0.717, 1.165) is 31.6 Å². The first-order chi connectivity index (χ1) is 8.40. The molecular weight excluding hydrogens is 226 g/mol. The smallest absolute Gasteiger partial charge is 0.0192 e. The van der Waals surface area contributed by atoms with Crippen LogP contribution in [-0.4, -0.2) is 30.2 Å². The van der Waals surface area contributed by atoms with Gasteiger partial charge in [0, 0.05) is 30.2 Å². The first kappa shape index (κ1) is 15.9. The zero-order valence-corrected chi connectivity index (χ0v) is 11.6. The lowest BCUT2D eigenvalue weighted by Gasteiger charge is -2.29. The van der Waals surface area contributed by atoms with Crippen LogP contribution in [0.25, 0.3) is 0 Å². The third kappa shape index (κ3) is 5.20. The Bertz CT molecular complexity index is 191. The van der Waals surface area contributed by atoms with Crippen LogP contribution in [0.3, 0.4) is 0 Å². The van der Waals surface area contributed by atoms with Gasteiger partial charge in [-0.3, -0.25) is 0 Å². The lowest BCUT2D eigenvalue weighted by Crippen LogP contribution is -2.49. The molecule has 3 saturated carbocycles. The van der Waals surface area contributed by atoms with Gasteiger partial charge >= 0.3 is 0 Å². The van der Waals surface area contributed by atoms with Crippen LogP contribution in [-0.2, 0) is 0 Å². The Labute approximate surface area is 111 Å². The van der Waals surface area contributed by atoms with Gasteiger partial charge in [-0.25, -0.2) is 0 Å². The van der Waals surface area contributed by atoms with Crippen LogP contribution in [0.4, 0.5) is 0 Å². The Hall–Kier alpha value is -0.200. The van der Waals surface area contributed by atoms with Crippen LogP contribution >= 0.6 is 0 Å². The molecule has 0 radical (unpaired) electrons. The molecule has 3 aliphatic rings. The third-order valence-corrected chi connectivity index (χ3v) is 4.18. The summed E-state index contributed by atoms with van der Waals surface area (Å²) in [5, 5.41) is 0. The molecule has 0 aromatic carbocycles. The first-order valence-corrected chi connectivity index (χ1v) is 7.18. The molecule has 0 aromatic heterocycles. The maximum Gasteiger partial charge on any atom is 0.0192 e. The van der Waals surface area contributed by atoms with E-state index in [1.807, 2.05) is 0 Å². The van der Waals surface area contributed by atoms with Crippen molar-refractivity contribution in [2.45, 2.75) is 75.7 Å². The summed E-state index contributed by atoms with van der Waals surface area (Å²) >= 11 is 0. The highest BCUT2D eigenvalue weighted by atomic mass is 14.8. The van der Waals surface area contributed by atoms with Crippen molar-refractivity contribution in [3.8, 4) is 0 Å². The van der Waals surface area contributed by atoms with Gasteiger partial charge in [0.15, 0.2) is 0 Å². The van der Waals surface area contributed by atoms with E-state index in [9.17, 15) is 0 Å². The Morgan fingerprint density at radius 3 is 0.889 bits per heavy atom. The second kappa shape index (κ2) is 7.40. The molecule has 10 N–H and O–H groups in total. The molecule has 3 fully saturated rings. The van der Waals surface area contributed by atoms with Crippen LogP contribution in [0.5, 0.6) is 0 Å². The molecule has 0 saturated heterocycles. The molecule has 3 aliphatic carbocycles. The Kier molecular flexibility index (Phi) is 6.52. The van der Waals surface area contributed by atoms with Crippen molar-refractivity contribution in [3.05, 3.63) is 0 Å². The fourth-order valence-electron chi connectivity index (χ4n) is 2.07. The molecule has 108 valence electrons. The number of nitrogens with two attached hydrogens (primary N) is 5. The predicted molar refractivity (Wildman–Crippen MR) is 76.7 cm³/mol. The lowest BCUT2D eigenvalue weighted by atomic mass is 9.83. The SMILES string of the molecule is CC1CC(N)C1.NC1CCC1N.NC1CCC1N. The average molecular weight is 257 g/mol. The van der Waals surface area contributed by atoms with Gasteiger partial charge in [-0.05, 0) is 44.4 Å². The largest absolute Gasteiger partial charge is 0.328 e. The molecule has 18 heavy (non-hydrogen) atoms. The Balaban J connectivity index is 0.000000135. The van der Waals surface area contributed by atoms with E-state index in [1.54, 1.807) is 0 Å². The molecule has 5 heteroatoms. The summed E-state index contributed by atoms with van der Waals surface area (Å²) in [6.45, 7) is 2.24. The molecule has 0 aliphatic heterocycles. The maximum absolute atomic E-state index is 5.47. The molecule has 4 unspecified atom stereocenters. The molecule has 0 spiro atoms. The Morgan fingerprint density at radius 1 is 0.611 bits per heavy atom. The second-order valence-electron chi connectivity index (χ2n) is 6.15. The van der Waals surface area contributed by atoms with Crippen molar-refractivity contribution in [2.24, 2.45) is 34.6 Å².